The molecule has 0 amide bonds. The van der Waals surface area contributed by atoms with Gasteiger partial charge in [-0.3, -0.25) is 0 Å². The van der Waals surface area contributed by atoms with E-state index in [2.05, 4.69) is 4.72 Å². The Bertz CT molecular complexity index is 753. The predicted molar refractivity (Wildman–Crippen MR) is 76.4 cm³/mol. The highest BCUT2D eigenvalue weighted by molar-refractivity contribution is 7.89. The first-order valence-electron chi connectivity index (χ1n) is 5.89. The normalized spacial score (nSPS) is 13.0. The van der Waals surface area contributed by atoms with Crippen molar-refractivity contribution >= 4 is 27.3 Å². The van der Waals surface area contributed by atoms with Crippen LogP contribution in [-0.2, 0) is 10.0 Å². The molecule has 21 heavy (non-hydrogen) atoms. The Morgan fingerprint density at radius 1 is 1.33 bits per heavy atom. The van der Waals surface area contributed by atoms with Crippen LogP contribution >= 0.6 is 11.3 Å². The van der Waals surface area contributed by atoms with Crippen molar-refractivity contribution in [3.63, 3.8) is 0 Å². The number of carbonyl (C=O) groups is 1. The van der Waals surface area contributed by atoms with Gasteiger partial charge in [0.05, 0.1) is 4.90 Å². The van der Waals surface area contributed by atoms with Crippen LogP contribution < -0.4 is 4.72 Å². The summed E-state index contributed by atoms with van der Waals surface area (Å²) in [5, 5.41) is 10.1. The van der Waals surface area contributed by atoms with Crippen LogP contribution in [0.5, 0.6) is 0 Å². The minimum atomic E-state index is -3.83. The number of carboxylic acid groups (broad SMARTS) is 1. The molecule has 0 radical (unpaired) electrons. The second-order valence-electron chi connectivity index (χ2n) is 4.35. The van der Waals surface area contributed by atoms with Crippen LogP contribution in [0.3, 0.4) is 0 Å². The van der Waals surface area contributed by atoms with Crippen LogP contribution in [0, 0.1) is 5.82 Å². The van der Waals surface area contributed by atoms with Crippen molar-refractivity contribution in [1.82, 2.24) is 4.72 Å². The third-order valence-electron chi connectivity index (χ3n) is 2.80. The summed E-state index contributed by atoms with van der Waals surface area (Å²) in [6, 6.07) is 5.99. The molecule has 1 atom stereocenters. The smallest absolute Gasteiger partial charge is 0.345 e. The number of aromatic carboxylic acids is 1. The summed E-state index contributed by atoms with van der Waals surface area (Å²) in [6.45, 7) is 1.62. The Balaban J connectivity index is 2.20. The molecule has 1 aromatic carbocycles. The second kappa shape index (κ2) is 5.92. The maximum atomic E-state index is 12.8. The van der Waals surface area contributed by atoms with E-state index in [1.54, 1.807) is 6.92 Å². The van der Waals surface area contributed by atoms with Crippen molar-refractivity contribution in [3.05, 3.63) is 52.0 Å². The Morgan fingerprint density at radius 2 is 1.95 bits per heavy atom. The van der Waals surface area contributed by atoms with Crippen molar-refractivity contribution in [2.24, 2.45) is 0 Å². The maximum absolute atomic E-state index is 12.8. The Hall–Kier alpha value is -1.77. The fourth-order valence-electron chi connectivity index (χ4n) is 1.69. The number of benzene rings is 1. The molecule has 2 rings (SSSR count). The average molecular weight is 329 g/mol. The zero-order valence-corrected chi connectivity index (χ0v) is 12.5. The van der Waals surface area contributed by atoms with Crippen molar-refractivity contribution in [2.45, 2.75) is 17.9 Å². The number of thiophene rings is 1. The van der Waals surface area contributed by atoms with Gasteiger partial charge in [-0.2, -0.15) is 0 Å². The Morgan fingerprint density at radius 3 is 2.48 bits per heavy atom. The number of carboxylic acids is 1. The van der Waals surface area contributed by atoms with Gasteiger partial charge in [0.1, 0.15) is 10.7 Å². The maximum Gasteiger partial charge on any atom is 0.345 e. The number of rotatable bonds is 5. The second-order valence-corrected chi connectivity index (χ2v) is 6.97. The summed E-state index contributed by atoms with van der Waals surface area (Å²) in [6.07, 6.45) is 0. The summed E-state index contributed by atoms with van der Waals surface area (Å²) in [4.78, 5) is 10.6. The molecule has 1 aromatic heterocycles. The summed E-state index contributed by atoms with van der Waals surface area (Å²) >= 11 is 0.841. The molecular formula is C13H12FNO4S2. The van der Waals surface area contributed by atoms with Gasteiger partial charge in [0.2, 0.25) is 10.0 Å². The summed E-state index contributed by atoms with van der Waals surface area (Å²) in [7, 11) is -3.83. The molecule has 0 saturated carbocycles. The van der Waals surface area contributed by atoms with Gasteiger partial charge in [-0.1, -0.05) is 12.1 Å². The SMILES string of the molecule is C[C@@H](NS(=O)(=O)c1csc(C(=O)O)c1)c1ccc(F)cc1. The van der Waals surface area contributed by atoms with Crippen LogP contribution in [0.1, 0.15) is 28.2 Å². The summed E-state index contributed by atoms with van der Waals surface area (Å²) in [5.74, 6) is -1.58. The standard InChI is InChI=1S/C13H12FNO4S2/c1-8(9-2-4-10(14)5-3-9)15-21(18,19)11-6-12(13(16)17)20-7-11/h2-8,15H,1H3,(H,16,17)/t8-/m1/s1. The van der Waals surface area contributed by atoms with Crippen LogP contribution in [0.4, 0.5) is 4.39 Å². The lowest BCUT2D eigenvalue weighted by molar-refractivity contribution is 0.0702. The van der Waals surface area contributed by atoms with Crippen molar-refractivity contribution in [1.29, 1.82) is 0 Å². The predicted octanol–water partition coefficient (Wildman–Crippen LogP) is 2.62. The third-order valence-corrected chi connectivity index (χ3v) is 5.39. The molecule has 0 unspecified atom stereocenters. The molecule has 0 aliphatic heterocycles. The van der Waals surface area contributed by atoms with Crippen LogP contribution in [0.2, 0.25) is 0 Å². The van der Waals surface area contributed by atoms with Gasteiger partial charge in [0.15, 0.2) is 0 Å². The highest BCUT2D eigenvalue weighted by Gasteiger charge is 2.21. The van der Waals surface area contributed by atoms with E-state index in [1.165, 1.54) is 29.6 Å². The van der Waals surface area contributed by atoms with E-state index in [0.717, 1.165) is 17.4 Å². The molecule has 2 aromatic rings. The molecule has 5 nitrogen and oxygen atoms in total. The molecule has 0 aliphatic rings. The van der Waals surface area contributed by atoms with Gasteiger partial charge < -0.3 is 5.11 Å². The van der Waals surface area contributed by atoms with Gasteiger partial charge in [-0.05, 0) is 30.7 Å². The van der Waals surface area contributed by atoms with Crippen LogP contribution in [-0.4, -0.2) is 19.5 Å². The Kier molecular flexibility index (Phi) is 4.40. The van der Waals surface area contributed by atoms with E-state index in [1.807, 2.05) is 0 Å². The molecule has 0 fully saturated rings. The molecule has 0 spiro atoms. The molecule has 0 bridgehead atoms. The zero-order valence-electron chi connectivity index (χ0n) is 10.9. The molecule has 0 aliphatic carbocycles. The lowest BCUT2D eigenvalue weighted by atomic mass is 10.1. The minimum Gasteiger partial charge on any atom is -0.477 e. The van der Waals surface area contributed by atoms with Gasteiger partial charge in [-0.15, -0.1) is 11.3 Å². The van der Waals surface area contributed by atoms with E-state index < -0.39 is 27.9 Å². The van der Waals surface area contributed by atoms with Crippen molar-refractivity contribution in [3.8, 4) is 0 Å². The summed E-state index contributed by atoms with van der Waals surface area (Å²) in [5.41, 5.74) is 0.605. The molecule has 112 valence electrons. The van der Waals surface area contributed by atoms with E-state index in [9.17, 15) is 17.6 Å². The lowest BCUT2D eigenvalue weighted by Gasteiger charge is -2.13. The Labute approximate surface area is 125 Å². The molecule has 0 saturated heterocycles. The first-order chi connectivity index (χ1) is 9.79. The number of nitrogens with one attached hydrogen (secondary N) is 1. The molecular weight excluding hydrogens is 317 g/mol. The van der Waals surface area contributed by atoms with E-state index in [-0.39, 0.29) is 9.77 Å². The van der Waals surface area contributed by atoms with Crippen molar-refractivity contribution in [2.75, 3.05) is 0 Å². The zero-order chi connectivity index (χ0) is 15.6. The third kappa shape index (κ3) is 3.66. The number of hydrogen-bond acceptors (Lipinski definition) is 4. The quantitative estimate of drug-likeness (QED) is 0.883. The number of sulfonamides is 1. The van der Waals surface area contributed by atoms with Gasteiger partial charge >= 0.3 is 5.97 Å². The minimum absolute atomic E-state index is 0.0511. The van der Waals surface area contributed by atoms with Crippen LogP contribution in [0.25, 0.3) is 0 Å². The summed E-state index contributed by atoms with van der Waals surface area (Å²) < 4.78 is 39.6. The van der Waals surface area contributed by atoms with Crippen LogP contribution in [0.15, 0.2) is 40.6 Å². The lowest BCUT2D eigenvalue weighted by Crippen LogP contribution is -2.26. The molecule has 1 heterocycles. The monoisotopic (exact) mass is 329 g/mol. The highest BCUT2D eigenvalue weighted by Crippen LogP contribution is 2.22. The first kappa shape index (κ1) is 15.6. The van der Waals surface area contributed by atoms with E-state index in [0.29, 0.717) is 5.56 Å². The van der Waals surface area contributed by atoms with Crippen molar-refractivity contribution < 1.29 is 22.7 Å². The first-order valence-corrected chi connectivity index (χ1v) is 8.25. The average Bonchev–Trinajstić information content (AvgIpc) is 2.89. The molecule has 8 heteroatoms. The van der Waals surface area contributed by atoms with E-state index >= 15 is 0 Å². The highest BCUT2D eigenvalue weighted by atomic mass is 32.2. The number of hydrogen-bond donors (Lipinski definition) is 2. The topological polar surface area (TPSA) is 83.5 Å². The fraction of sp³-hybridized carbons (Fsp3) is 0.154. The molecule has 2 N–H and O–H groups in total. The number of halogens is 1. The van der Waals surface area contributed by atoms with Gasteiger partial charge in [-0.25, -0.2) is 22.3 Å². The fourth-order valence-corrected chi connectivity index (χ4v) is 4.04. The van der Waals surface area contributed by atoms with Gasteiger partial charge in [0.25, 0.3) is 0 Å². The van der Waals surface area contributed by atoms with E-state index in [4.69, 9.17) is 5.11 Å². The van der Waals surface area contributed by atoms with Gasteiger partial charge in [0, 0.05) is 11.4 Å². The largest absolute Gasteiger partial charge is 0.477 e.